The number of carbonyl (C=O) groups excluding carboxylic acids is 2. The highest BCUT2D eigenvalue weighted by Crippen LogP contribution is 2.29. The van der Waals surface area contributed by atoms with Crippen molar-refractivity contribution in [3.63, 3.8) is 0 Å². The molecule has 1 aromatic carbocycles. The van der Waals surface area contributed by atoms with E-state index in [1.54, 1.807) is 12.1 Å². The van der Waals surface area contributed by atoms with Crippen molar-refractivity contribution in [2.45, 2.75) is 39.2 Å². The number of hydrogen-bond acceptors (Lipinski definition) is 4. The van der Waals surface area contributed by atoms with Crippen LogP contribution in [0.5, 0.6) is 5.75 Å². The number of nitrogens with zero attached hydrogens (tertiary/aromatic N) is 1. The summed E-state index contributed by atoms with van der Waals surface area (Å²) in [6, 6.07) is 5.40. The topological polar surface area (TPSA) is 72.6 Å². The highest BCUT2D eigenvalue weighted by Gasteiger charge is 2.35. The van der Waals surface area contributed by atoms with Gasteiger partial charge in [-0.15, -0.1) is 12.4 Å². The van der Waals surface area contributed by atoms with E-state index in [0.29, 0.717) is 24.4 Å². The average Bonchev–Trinajstić information content (AvgIpc) is 2.54. The van der Waals surface area contributed by atoms with Crippen molar-refractivity contribution in [1.29, 1.82) is 0 Å². The van der Waals surface area contributed by atoms with Crippen LogP contribution in [-0.4, -0.2) is 42.8 Å². The molecule has 1 saturated heterocycles. The van der Waals surface area contributed by atoms with E-state index in [2.05, 4.69) is 29.8 Å². The standard InChI is InChI=1S/C18H25BrN2O3.ClH/c1-18(2)11-21(9-8-16(18)20)17(23)7-5-14(22)13-10-12(19)4-6-15(13)24-3;/h4,6,10,16H,5,7-9,11,20H2,1-3H3;1H. The van der Waals surface area contributed by atoms with E-state index >= 15 is 0 Å². The largest absolute Gasteiger partial charge is 0.496 e. The van der Waals surface area contributed by atoms with Crippen molar-refractivity contribution in [3.8, 4) is 5.75 Å². The lowest BCUT2D eigenvalue weighted by Gasteiger charge is -2.42. The Hall–Kier alpha value is -1.11. The van der Waals surface area contributed by atoms with Gasteiger partial charge in [-0.3, -0.25) is 9.59 Å². The summed E-state index contributed by atoms with van der Waals surface area (Å²) >= 11 is 3.36. The van der Waals surface area contributed by atoms with Crippen LogP contribution >= 0.6 is 28.3 Å². The van der Waals surface area contributed by atoms with Crippen molar-refractivity contribution in [1.82, 2.24) is 4.90 Å². The average molecular weight is 434 g/mol. The second-order valence-corrected chi connectivity index (χ2v) is 7.88. The smallest absolute Gasteiger partial charge is 0.223 e. The molecule has 0 aromatic heterocycles. The highest BCUT2D eigenvalue weighted by molar-refractivity contribution is 9.10. The number of methoxy groups -OCH3 is 1. The third-order valence-corrected chi connectivity index (χ3v) is 5.19. The molecule has 1 heterocycles. The summed E-state index contributed by atoms with van der Waals surface area (Å²) in [7, 11) is 1.53. The SMILES string of the molecule is COc1ccc(Br)cc1C(=O)CCC(=O)N1CCC(N)C(C)(C)C1.Cl. The van der Waals surface area contributed by atoms with Crippen LogP contribution in [0.4, 0.5) is 0 Å². The molecule has 1 aliphatic heterocycles. The van der Waals surface area contributed by atoms with Crippen LogP contribution in [0.25, 0.3) is 0 Å². The first-order valence-electron chi connectivity index (χ1n) is 8.14. The fraction of sp³-hybridized carbons (Fsp3) is 0.556. The molecule has 1 fully saturated rings. The Kier molecular flexibility index (Phi) is 7.90. The number of ketones is 1. The van der Waals surface area contributed by atoms with Gasteiger partial charge in [0.25, 0.3) is 0 Å². The van der Waals surface area contributed by atoms with Gasteiger partial charge < -0.3 is 15.4 Å². The molecule has 25 heavy (non-hydrogen) atoms. The van der Waals surface area contributed by atoms with Gasteiger partial charge in [0.2, 0.25) is 5.91 Å². The summed E-state index contributed by atoms with van der Waals surface area (Å²) < 4.78 is 6.04. The first-order chi connectivity index (χ1) is 11.2. The summed E-state index contributed by atoms with van der Waals surface area (Å²) in [6.07, 6.45) is 1.18. The quantitative estimate of drug-likeness (QED) is 0.722. The summed E-state index contributed by atoms with van der Waals surface area (Å²) in [5, 5.41) is 0. The molecule has 0 radical (unpaired) electrons. The Morgan fingerprint density at radius 1 is 1.36 bits per heavy atom. The molecule has 2 N–H and O–H groups in total. The number of ether oxygens (including phenoxy) is 1. The van der Waals surface area contributed by atoms with E-state index in [1.165, 1.54) is 7.11 Å². The third kappa shape index (κ3) is 5.43. The number of likely N-dealkylation sites (tertiary alicyclic amines) is 1. The van der Waals surface area contributed by atoms with Gasteiger partial charge in [0.15, 0.2) is 5.78 Å². The van der Waals surface area contributed by atoms with Crippen LogP contribution in [0.15, 0.2) is 22.7 Å². The molecular weight excluding hydrogens is 408 g/mol. The van der Waals surface area contributed by atoms with Crippen molar-refractivity contribution in [2.24, 2.45) is 11.1 Å². The molecule has 0 aliphatic carbocycles. The van der Waals surface area contributed by atoms with Gasteiger partial charge in [-0.1, -0.05) is 29.8 Å². The molecule has 0 saturated carbocycles. The zero-order valence-corrected chi connectivity index (χ0v) is 17.3. The van der Waals surface area contributed by atoms with Gasteiger partial charge in [0, 0.05) is 36.4 Å². The highest BCUT2D eigenvalue weighted by atomic mass is 79.9. The van der Waals surface area contributed by atoms with E-state index in [4.69, 9.17) is 10.5 Å². The number of rotatable bonds is 5. The molecule has 7 heteroatoms. The molecule has 2 rings (SSSR count). The minimum Gasteiger partial charge on any atom is -0.496 e. The van der Waals surface area contributed by atoms with Crippen molar-refractivity contribution in [2.75, 3.05) is 20.2 Å². The number of Topliss-reactive ketones (excluding diaryl/α,β-unsaturated/α-hetero) is 1. The van der Waals surface area contributed by atoms with E-state index < -0.39 is 0 Å². The van der Waals surface area contributed by atoms with E-state index in [9.17, 15) is 9.59 Å². The number of halogens is 2. The molecule has 0 bridgehead atoms. The third-order valence-electron chi connectivity index (χ3n) is 4.69. The predicted octanol–water partition coefficient (Wildman–Crippen LogP) is 3.43. The Labute approximate surface area is 163 Å². The maximum absolute atomic E-state index is 12.5. The van der Waals surface area contributed by atoms with Crippen LogP contribution in [0.3, 0.4) is 0 Å². The van der Waals surface area contributed by atoms with Gasteiger partial charge in [-0.25, -0.2) is 0 Å². The van der Waals surface area contributed by atoms with E-state index in [1.807, 2.05) is 11.0 Å². The summed E-state index contributed by atoms with van der Waals surface area (Å²) in [6.45, 7) is 5.46. The second kappa shape index (κ2) is 9.01. The lowest BCUT2D eigenvalue weighted by atomic mass is 9.79. The molecule has 1 atom stereocenters. The fourth-order valence-electron chi connectivity index (χ4n) is 3.00. The number of benzene rings is 1. The molecule has 140 valence electrons. The number of hydrogen-bond donors (Lipinski definition) is 1. The Balaban J connectivity index is 0.00000312. The molecule has 0 spiro atoms. The molecule has 1 unspecified atom stereocenters. The van der Waals surface area contributed by atoms with Gasteiger partial charge in [0.05, 0.1) is 12.7 Å². The zero-order valence-electron chi connectivity index (χ0n) is 14.9. The monoisotopic (exact) mass is 432 g/mol. The fourth-order valence-corrected chi connectivity index (χ4v) is 3.36. The van der Waals surface area contributed by atoms with Crippen molar-refractivity contribution >= 4 is 40.0 Å². The van der Waals surface area contributed by atoms with Crippen molar-refractivity contribution in [3.05, 3.63) is 28.2 Å². The lowest BCUT2D eigenvalue weighted by molar-refractivity contribution is -0.134. The predicted molar refractivity (Wildman–Crippen MR) is 104 cm³/mol. The maximum Gasteiger partial charge on any atom is 0.223 e. The molecule has 1 amide bonds. The second-order valence-electron chi connectivity index (χ2n) is 6.97. The van der Waals surface area contributed by atoms with Gasteiger partial charge in [0.1, 0.15) is 5.75 Å². The first kappa shape index (κ1) is 21.9. The Morgan fingerprint density at radius 2 is 2.04 bits per heavy atom. The Morgan fingerprint density at radius 3 is 2.64 bits per heavy atom. The maximum atomic E-state index is 12.5. The zero-order chi connectivity index (χ0) is 17.9. The van der Waals surface area contributed by atoms with Gasteiger partial charge in [-0.2, -0.15) is 0 Å². The molecule has 5 nitrogen and oxygen atoms in total. The van der Waals surface area contributed by atoms with Gasteiger partial charge >= 0.3 is 0 Å². The summed E-state index contributed by atoms with van der Waals surface area (Å²) in [4.78, 5) is 26.7. The van der Waals surface area contributed by atoms with Gasteiger partial charge in [-0.05, 0) is 30.0 Å². The molecule has 1 aromatic rings. The van der Waals surface area contributed by atoms with Crippen LogP contribution < -0.4 is 10.5 Å². The van der Waals surface area contributed by atoms with E-state index in [0.717, 1.165) is 10.9 Å². The normalized spacial score (nSPS) is 19.1. The van der Waals surface area contributed by atoms with E-state index in [-0.39, 0.29) is 48.4 Å². The van der Waals surface area contributed by atoms with Crippen LogP contribution in [0.1, 0.15) is 43.5 Å². The minimum atomic E-state index is -0.0918. The van der Waals surface area contributed by atoms with Crippen LogP contribution in [0.2, 0.25) is 0 Å². The summed E-state index contributed by atoms with van der Waals surface area (Å²) in [5.74, 6) is 0.451. The number of piperidine rings is 1. The molecular formula is C18H26BrClN2O3. The van der Waals surface area contributed by atoms with Crippen LogP contribution in [-0.2, 0) is 4.79 Å². The summed E-state index contributed by atoms with van der Waals surface area (Å²) in [5.41, 5.74) is 6.52. The molecule has 1 aliphatic rings. The van der Waals surface area contributed by atoms with Crippen molar-refractivity contribution < 1.29 is 14.3 Å². The number of nitrogens with two attached hydrogens (primary N) is 1. The number of amides is 1. The first-order valence-corrected chi connectivity index (χ1v) is 8.94. The lowest BCUT2D eigenvalue weighted by Crippen LogP contribution is -2.54. The Bertz CT molecular complexity index is 637. The van der Waals surface area contributed by atoms with Crippen LogP contribution in [0, 0.1) is 5.41 Å². The number of carbonyl (C=O) groups is 2. The minimum absolute atomic E-state index is 0.